The van der Waals surface area contributed by atoms with Gasteiger partial charge in [0, 0.05) is 0 Å². The van der Waals surface area contributed by atoms with Crippen LogP contribution in [0.5, 0.6) is 0 Å². The molecular weight excluding hydrogens is 393 g/mol. The quantitative estimate of drug-likeness (QED) is 0.407. The fraction of sp³-hybridized carbons (Fsp3) is 0.400. The molecule has 2 aromatic carbocycles. The third kappa shape index (κ3) is 2.90. The van der Waals surface area contributed by atoms with E-state index in [0.717, 1.165) is 0 Å². The van der Waals surface area contributed by atoms with Crippen LogP contribution < -0.4 is 10.4 Å². The zero-order valence-corrected chi connectivity index (χ0v) is 20.4. The van der Waals surface area contributed by atoms with Crippen molar-refractivity contribution in [3.05, 3.63) is 60.7 Å². The SMILES string of the molecule is CC(C)(C)[Si]1(c2ccccc2)SSS[Si]1(c1ccccc1)C(C)(C)C. The van der Waals surface area contributed by atoms with Crippen LogP contribution in [-0.4, -0.2) is 13.5 Å². The van der Waals surface area contributed by atoms with Crippen molar-refractivity contribution < 1.29 is 0 Å². The molecule has 2 atom stereocenters. The maximum atomic E-state index is 2.50. The summed E-state index contributed by atoms with van der Waals surface area (Å²) in [6.45, 7) is 11.2. The van der Waals surface area contributed by atoms with E-state index in [4.69, 9.17) is 0 Å². The van der Waals surface area contributed by atoms with Crippen molar-refractivity contribution in [2.45, 2.75) is 51.6 Å². The molecule has 0 spiro atoms. The summed E-state index contributed by atoms with van der Waals surface area (Å²) < 4.78 is 0. The minimum Gasteiger partial charge on any atom is -0.106 e. The van der Waals surface area contributed by atoms with Crippen LogP contribution >= 0.6 is 30.3 Å². The lowest BCUT2D eigenvalue weighted by molar-refractivity contribution is 0.724. The lowest BCUT2D eigenvalue weighted by atomic mass is 10.2. The van der Waals surface area contributed by atoms with Crippen LogP contribution in [0.15, 0.2) is 60.7 Å². The molecule has 2 unspecified atom stereocenters. The first-order valence-corrected chi connectivity index (χ1v) is 18.7. The van der Waals surface area contributed by atoms with Gasteiger partial charge in [0.1, 0.15) is 0 Å². The van der Waals surface area contributed by atoms with E-state index in [9.17, 15) is 0 Å². The molecule has 0 radical (unpaired) electrons. The number of hydrogen-bond donors (Lipinski definition) is 0. The molecule has 0 bridgehead atoms. The minimum absolute atomic E-state index is 0.296. The van der Waals surface area contributed by atoms with E-state index in [1.807, 2.05) is 0 Å². The average Bonchev–Trinajstić information content (AvgIpc) is 2.99. The van der Waals surface area contributed by atoms with Crippen molar-refractivity contribution in [1.82, 2.24) is 0 Å². The number of hydrogen-bond acceptors (Lipinski definition) is 3. The Morgan fingerprint density at radius 2 is 0.880 bits per heavy atom. The Morgan fingerprint density at radius 3 is 1.16 bits per heavy atom. The van der Waals surface area contributed by atoms with Gasteiger partial charge in [-0.05, 0) is 30.3 Å². The van der Waals surface area contributed by atoms with E-state index < -0.39 is 13.5 Å². The average molecular weight is 421 g/mol. The van der Waals surface area contributed by atoms with Gasteiger partial charge in [-0.2, -0.15) is 0 Å². The van der Waals surface area contributed by atoms with E-state index in [2.05, 4.69) is 133 Å². The predicted molar refractivity (Wildman–Crippen MR) is 126 cm³/mol. The van der Waals surface area contributed by atoms with Crippen LogP contribution in [0.1, 0.15) is 41.5 Å². The van der Waals surface area contributed by atoms with Gasteiger partial charge in [-0.3, -0.25) is 0 Å². The zero-order valence-electron chi connectivity index (χ0n) is 16.0. The van der Waals surface area contributed by atoms with Crippen LogP contribution in [0.25, 0.3) is 0 Å². The molecule has 2 aromatic rings. The van der Waals surface area contributed by atoms with Crippen LogP contribution in [0.4, 0.5) is 0 Å². The van der Waals surface area contributed by atoms with Crippen molar-refractivity contribution in [2.75, 3.05) is 0 Å². The summed E-state index contributed by atoms with van der Waals surface area (Å²) in [5.41, 5.74) is 0. The highest BCUT2D eigenvalue weighted by atomic mass is 33.6. The summed E-state index contributed by atoms with van der Waals surface area (Å²) in [7, 11) is 6.61. The summed E-state index contributed by atoms with van der Waals surface area (Å²) in [5, 5.41) is 3.86. The first kappa shape index (κ1) is 19.7. The normalized spacial score (nSPS) is 27.4. The highest BCUT2D eigenvalue weighted by Crippen LogP contribution is 2.71. The van der Waals surface area contributed by atoms with Crippen LogP contribution in [-0.2, 0) is 0 Å². The highest BCUT2D eigenvalue weighted by Gasteiger charge is 2.72. The van der Waals surface area contributed by atoms with E-state index in [1.165, 1.54) is 0 Å². The molecule has 1 heterocycles. The standard InChI is InChI=1S/C20H28S3Si2/c1-19(2,3)24(17-13-9-7-10-14-17)22-21-23-25(24,20(4,5)6)18-15-11-8-12-16-18/h7-16H,1-6H3. The molecule has 25 heavy (non-hydrogen) atoms. The Hall–Kier alpha value is -0.0762. The van der Waals surface area contributed by atoms with Crippen molar-refractivity contribution in [2.24, 2.45) is 0 Å². The molecule has 0 N–H and O–H groups in total. The smallest absolute Gasteiger partial charge is 0.106 e. The van der Waals surface area contributed by atoms with E-state index in [1.54, 1.807) is 10.4 Å². The lowest BCUT2D eigenvalue weighted by Crippen LogP contribution is -2.77. The number of rotatable bonds is 2. The monoisotopic (exact) mass is 420 g/mol. The van der Waals surface area contributed by atoms with Gasteiger partial charge < -0.3 is 0 Å². The van der Waals surface area contributed by atoms with Gasteiger partial charge in [-0.15, -0.1) is 20.5 Å². The molecule has 0 nitrogen and oxygen atoms in total. The first-order valence-electron chi connectivity index (χ1n) is 8.81. The number of benzene rings is 2. The second-order valence-corrected chi connectivity index (χ2v) is 32.2. The van der Waals surface area contributed by atoms with Gasteiger partial charge in [0.2, 0.25) is 0 Å². The largest absolute Gasteiger partial charge is 0.177 e. The Labute approximate surface area is 165 Å². The molecule has 1 fully saturated rings. The molecule has 1 aliphatic rings. The molecule has 0 saturated carbocycles. The molecule has 0 amide bonds. The maximum absolute atomic E-state index is 2.50. The van der Waals surface area contributed by atoms with Crippen molar-refractivity contribution in [1.29, 1.82) is 0 Å². The Balaban J connectivity index is 2.41. The van der Waals surface area contributed by atoms with E-state index in [0.29, 0.717) is 10.1 Å². The van der Waals surface area contributed by atoms with Crippen molar-refractivity contribution >= 4 is 54.2 Å². The fourth-order valence-corrected chi connectivity index (χ4v) is 70.2. The molecule has 134 valence electrons. The minimum atomic E-state index is -1.88. The first-order chi connectivity index (χ1) is 11.7. The van der Waals surface area contributed by atoms with Gasteiger partial charge in [0.05, 0.1) is 0 Å². The molecular formula is C20H28S3Si2. The lowest BCUT2D eigenvalue weighted by Gasteiger charge is -2.54. The van der Waals surface area contributed by atoms with Crippen LogP contribution in [0.3, 0.4) is 0 Å². The van der Waals surface area contributed by atoms with Gasteiger partial charge in [-0.25, -0.2) is 0 Å². The molecule has 0 aromatic heterocycles. The molecule has 0 aliphatic carbocycles. The van der Waals surface area contributed by atoms with Gasteiger partial charge >= 0.3 is 0 Å². The Bertz CT molecular complexity index is 659. The molecule has 1 saturated heterocycles. The second kappa shape index (κ2) is 6.82. The predicted octanol–water partition coefficient (Wildman–Crippen LogP) is 6.41. The summed E-state index contributed by atoms with van der Waals surface area (Å²) in [6, 6.07) is 23.0. The highest BCUT2D eigenvalue weighted by molar-refractivity contribution is 9.26. The summed E-state index contributed by atoms with van der Waals surface area (Å²) in [5.74, 6) is 0. The molecule has 1 aliphatic heterocycles. The topological polar surface area (TPSA) is 0 Å². The van der Waals surface area contributed by atoms with E-state index in [-0.39, 0.29) is 0 Å². The summed E-state index contributed by atoms with van der Waals surface area (Å²) in [4.78, 5) is 0. The summed E-state index contributed by atoms with van der Waals surface area (Å²) in [6.07, 6.45) is 0. The van der Waals surface area contributed by atoms with Crippen LogP contribution in [0.2, 0.25) is 10.1 Å². The second-order valence-electron chi connectivity index (χ2n) is 8.83. The van der Waals surface area contributed by atoms with Crippen molar-refractivity contribution in [3.8, 4) is 0 Å². The van der Waals surface area contributed by atoms with E-state index >= 15 is 0 Å². The maximum Gasteiger partial charge on any atom is 0.177 e. The Morgan fingerprint density at radius 1 is 0.560 bits per heavy atom. The third-order valence-electron chi connectivity index (χ3n) is 5.29. The third-order valence-corrected chi connectivity index (χ3v) is 50.2. The van der Waals surface area contributed by atoms with Gasteiger partial charge in [-0.1, -0.05) is 102 Å². The molecule has 3 rings (SSSR count). The fourth-order valence-electron chi connectivity index (χ4n) is 4.26. The molecule has 5 heteroatoms. The van der Waals surface area contributed by atoms with Crippen LogP contribution in [0, 0.1) is 0 Å². The Kier molecular flexibility index (Phi) is 5.37. The zero-order chi connectivity index (χ0) is 18.3. The summed E-state index contributed by atoms with van der Waals surface area (Å²) >= 11 is 0. The van der Waals surface area contributed by atoms with Crippen molar-refractivity contribution in [3.63, 3.8) is 0 Å². The van der Waals surface area contributed by atoms with Gasteiger partial charge in [0.15, 0.2) is 13.5 Å². The van der Waals surface area contributed by atoms with Gasteiger partial charge in [0.25, 0.3) is 0 Å².